The number of halogens is 3. The van der Waals surface area contributed by atoms with Gasteiger partial charge in [-0.15, -0.1) is 0 Å². The Bertz CT molecular complexity index is 565. The molecule has 0 saturated carbocycles. The van der Waals surface area contributed by atoms with Gasteiger partial charge in [-0.25, -0.2) is 0 Å². The number of rotatable bonds is 5. The highest BCUT2D eigenvalue weighted by atomic mass is 32.2. The maximum Gasteiger partial charge on any atom is 0.446 e. The van der Waals surface area contributed by atoms with E-state index in [9.17, 15) is 18.0 Å². The number of alkyl halides is 3. The molecule has 0 aromatic heterocycles. The molecule has 21 heavy (non-hydrogen) atoms. The summed E-state index contributed by atoms with van der Waals surface area (Å²) in [7, 11) is 0. The smallest absolute Gasteiger partial charge is 0.446 e. The zero-order valence-electron chi connectivity index (χ0n) is 11.6. The normalized spacial score (nSPS) is 11.0. The Kier molecular flexibility index (Phi) is 6.09. The van der Waals surface area contributed by atoms with Gasteiger partial charge in [0.05, 0.1) is 18.6 Å². The molecule has 0 amide bonds. The molecule has 0 bridgehead atoms. The molecular weight excluding hydrogens is 303 g/mol. The molecule has 114 valence electrons. The second-order valence-electron chi connectivity index (χ2n) is 4.07. The third-order valence-electron chi connectivity index (χ3n) is 2.69. The molecule has 0 aliphatic rings. The van der Waals surface area contributed by atoms with Gasteiger partial charge in [-0.3, -0.25) is 4.79 Å². The maximum absolute atomic E-state index is 12.7. The van der Waals surface area contributed by atoms with Gasteiger partial charge in [-0.1, -0.05) is 13.0 Å². The highest BCUT2D eigenvalue weighted by molar-refractivity contribution is 8.00. The van der Waals surface area contributed by atoms with Crippen molar-refractivity contribution in [2.75, 3.05) is 6.61 Å². The van der Waals surface area contributed by atoms with Gasteiger partial charge in [0.25, 0.3) is 0 Å². The van der Waals surface area contributed by atoms with E-state index in [1.54, 1.807) is 19.9 Å². The van der Waals surface area contributed by atoms with E-state index in [1.807, 2.05) is 0 Å². The van der Waals surface area contributed by atoms with Crippen LogP contribution in [0.3, 0.4) is 0 Å². The lowest BCUT2D eigenvalue weighted by molar-refractivity contribution is -0.142. The van der Waals surface area contributed by atoms with Crippen LogP contribution in [0.1, 0.15) is 30.5 Å². The van der Waals surface area contributed by atoms with Crippen LogP contribution < -0.4 is 0 Å². The maximum atomic E-state index is 12.7. The Morgan fingerprint density at radius 2 is 2.05 bits per heavy atom. The average Bonchev–Trinajstić information content (AvgIpc) is 2.37. The fourth-order valence-electron chi connectivity index (χ4n) is 1.91. The molecule has 0 N–H and O–H groups in total. The molecule has 0 unspecified atom stereocenters. The molecule has 0 radical (unpaired) electrons. The van der Waals surface area contributed by atoms with E-state index in [-0.39, 0.29) is 35.2 Å². The molecule has 1 aromatic carbocycles. The fraction of sp³-hybridized carbons (Fsp3) is 0.429. The van der Waals surface area contributed by atoms with Crippen LogP contribution in [0, 0.1) is 11.3 Å². The molecule has 3 nitrogen and oxygen atoms in total. The van der Waals surface area contributed by atoms with E-state index in [4.69, 9.17) is 10.00 Å². The van der Waals surface area contributed by atoms with E-state index in [1.165, 1.54) is 12.1 Å². The van der Waals surface area contributed by atoms with Crippen molar-refractivity contribution >= 4 is 17.7 Å². The largest absolute Gasteiger partial charge is 0.466 e. The predicted octanol–water partition coefficient (Wildman–Crippen LogP) is 3.84. The lowest BCUT2D eigenvalue weighted by atomic mass is 9.99. The van der Waals surface area contributed by atoms with Gasteiger partial charge in [0.1, 0.15) is 6.07 Å². The van der Waals surface area contributed by atoms with Crippen molar-refractivity contribution in [1.29, 1.82) is 5.26 Å². The summed E-state index contributed by atoms with van der Waals surface area (Å²) in [6.45, 7) is 3.55. The van der Waals surface area contributed by atoms with E-state index in [0.717, 1.165) is 0 Å². The highest BCUT2D eigenvalue weighted by Gasteiger charge is 2.32. The van der Waals surface area contributed by atoms with Crippen molar-refractivity contribution in [3.8, 4) is 6.07 Å². The van der Waals surface area contributed by atoms with Gasteiger partial charge in [0, 0.05) is 4.90 Å². The van der Waals surface area contributed by atoms with Crippen molar-refractivity contribution in [3.05, 3.63) is 28.8 Å². The topological polar surface area (TPSA) is 50.1 Å². The Balaban J connectivity index is 3.26. The first kappa shape index (κ1) is 17.4. The monoisotopic (exact) mass is 317 g/mol. The minimum absolute atomic E-state index is 0.0400. The second kappa shape index (κ2) is 7.36. The second-order valence-corrected chi connectivity index (χ2v) is 5.15. The van der Waals surface area contributed by atoms with Gasteiger partial charge in [0.2, 0.25) is 0 Å². The molecule has 0 aliphatic carbocycles. The zero-order valence-corrected chi connectivity index (χ0v) is 12.4. The van der Waals surface area contributed by atoms with Crippen LogP contribution >= 0.6 is 11.8 Å². The minimum atomic E-state index is -4.49. The predicted molar refractivity (Wildman–Crippen MR) is 72.8 cm³/mol. The van der Waals surface area contributed by atoms with Gasteiger partial charge < -0.3 is 4.74 Å². The van der Waals surface area contributed by atoms with Crippen LogP contribution in [-0.2, 0) is 22.4 Å². The molecule has 1 rings (SSSR count). The first-order chi connectivity index (χ1) is 9.82. The van der Waals surface area contributed by atoms with E-state index >= 15 is 0 Å². The fourth-order valence-corrected chi connectivity index (χ4v) is 2.76. The number of thioether (sulfide) groups is 1. The summed E-state index contributed by atoms with van der Waals surface area (Å²) >= 11 is -0.317. The third-order valence-corrected chi connectivity index (χ3v) is 3.59. The molecule has 0 spiro atoms. The number of benzene rings is 1. The number of hydrogen-bond acceptors (Lipinski definition) is 4. The Morgan fingerprint density at radius 3 is 2.52 bits per heavy atom. The number of carbonyl (C=O) groups excluding carboxylic acids is 1. The van der Waals surface area contributed by atoms with Gasteiger partial charge in [-0.2, -0.15) is 18.4 Å². The lowest BCUT2D eigenvalue weighted by Gasteiger charge is -2.15. The molecule has 1 aromatic rings. The summed E-state index contributed by atoms with van der Waals surface area (Å²) in [4.78, 5) is 11.4. The number of ether oxygens (including phenoxy) is 1. The van der Waals surface area contributed by atoms with Gasteiger partial charge in [-0.05, 0) is 42.3 Å². The van der Waals surface area contributed by atoms with Crippen molar-refractivity contribution in [2.45, 2.75) is 37.1 Å². The van der Waals surface area contributed by atoms with Crippen molar-refractivity contribution < 1.29 is 22.7 Å². The highest BCUT2D eigenvalue weighted by Crippen LogP contribution is 2.41. The van der Waals surface area contributed by atoms with Crippen molar-refractivity contribution in [3.63, 3.8) is 0 Å². The quantitative estimate of drug-likeness (QED) is 0.611. The number of carbonyl (C=O) groups is 1. The lowest BCUT2D eigenvalue weighted by Crippen LogP contribution is -2.11. The molecule has 0 aliphatic heterocycles. The number of nitriles is 1. The van der Waals surface area contributed by atoms with Crippen LogP contribution in [0.2, 0.25) is 0 Å². The summed E-state index contributed by atoms with van der Waals surface area (Å²) in [5, 5.41) is 8.97. The van der Waals surface area contributed by atoms with Crippen LogP contribution in [-0.4, -0.2) is 18.1 Å². The van der Waals surface area contributed by atoms with E-state index in [2.05, 4.69) is 0 Å². The summed E-state index contributed by atoms with van der Waals surface area (Å²) in [6.07, 6.45) is 0.191. The van der Waals surface area contributed by atoms with E-state index in [0.29, 0.717) is 17.5 Å². The number of hydrogen-bond donors (Lipinski definition) is 0. The number of esters is 1. The standard InChI is InChI=1S/C14H14F3NO2S/c1-3-11-9(7-12(19)20-4-2)5-6-10(8-18)13(11)21-14(15,16)17/h5-6H,3-4,7H2,1-2H3. The Hall–Kier alpha value is -1.68. The third kappa shape index (κ3) is 4.97. The molecule has 0 atom stereocenters. The minimum Gasteiger partial charge on any atom is -0.466 e. The Labute approximate surface area is 125 Å². The first-order valence-corrected chi connectivity index (χ1v) is 7.10. The molecule has 7 heteroatoms. The summed E-state index contributed by atoms with van der Waals surface area (Å²) in [5.41, 5.74) is -3.70. The van der Waals surface area contributed by atoms with Crippen molar-refractivity contribution in [1.82, 2.24) is 0 Å². The van der Waals surface area contributed by atoms with Crippen LogP contribution in [0.15, 0.2) is 17.0 Å². The molecule has 0 fully saturated rings. The molecular formula is C14H14F3NO2S. The summed E-state index contributed by atoms with van der Waals surface area (Å²) in [6, 6.07) is 4.58. The summed E-state index contributed by atoms with van der Waals surface area (Å²) in [5.74, 6) is -0.500. The SMILES string of the molecule is CCOC(=O)Cc1ccc(C#N)c(SC(F)(F)F)c1CC. The van der Waals surface area contributed by atoms with Crippen LogP contribution in [0.4, 0.5) is 13.2 Å². The molecule has 0 saturated heterocycles. The zero-order chi connectivity index (χ0) is 16.0. The average molecular weight is 317 g/mol. The van der Waals surface area contributed by atoms with Gasteiger partial charge >= 0.3 is 11.5 Å². The molecule has 0 heterocycles. The van der Waals surface area contributed by atoms with Crippen molar-refractivity contribution in [2.24, 2.45) is 0 Å². The van der Waals surface area contributed by atoms with Gasteiger partial charge in [0.15, 0.2) is 0 Å². The Morgan fingerprint density at radius 1 is 1.38 bits per heavy atom. The first-order valence-electron chi connectivity index (χ1n) is 6.28. The summed E-state index contributed by atoms with van der Waals surface area (Å²) < 4.78 is 42.8. The van der Waals surface area contributed by atoms with Crippen LogP contribution in [0.5, 0.6) is 0 Å². The van der Waals surface area contributed by atoms with Crippen LogP contribution in [0.25, 0.3) is 0 Å². The number of nitrogens with zero attached hydrogens (tertiary/aromatic N) is 1. The van der Waals surface area contributed by atoms with E-state index < -0.39 is 11.5 Å².